The Labute approximate surface area is 126 Å². The van der Waals surface area contributed by atoms with Crippen molar-refractivity contribution in [2.24, 2.45) is 5.73 Å². The summed E-state index contributed by atoms with van der Waals surface area (Å²) in [6, 6.07) is 6.51. The van der Waals surface area contributed by atoms with E-state index in [0.29, 0.717) is 12.8 Å². The van der Waals surface area contributed by atoms with E-state index in [1.807, 2.05) is 13.8 Å². The molecule has 0 amide bonds. The largest absolute Gasteiger partial charge is 0.371 e. The molecule has 2 rings (SSSR count). The maximum atomic E-state index is 12.4. The van der Waals surface area contributed by atoms with Crippen LogP contribution < -0.4 is 5.73 Å². The first-order valence-electron chi connectivity index (χ1n) is 7.23. The van der Waals surface area contributed by atoms with Gasteiger partial charge in [0.25, 0.3) is 10.1 Å². The molecule has 0 spiro atoms. The molecule has 1 aliphatic heterocycles. The Hall–Kier alpha value is -0.950. The van der Waals surface area contributed by atoms with Gasteiger partial charge in [-0.05, 0) is 45.2 Å². The topological polar surface area (TPSA) is 78.6 Å². The van der Waals surface area contributed by atoms with Crippen molar-refractivity contribution < 1.29 is 17.3 Å². The molecule has 2 unspecified atom stereocenters. The van der Waals surface area contributed by atoms with Gasteiger partial charge in [0.05, 0.1) is 11.0 Å². The predicted octanol–water partition coefficient (Wildman–Crippen LogP) is 2.33. The van der Waals surface area contributed by atoms with Crippen molar-refractivity contribution in [2.45, 2.75) is 62.9 Å². The number of nitrogens with two attached hydrogens (primary N) is 1. The Morgan fingerprint density at radius 2 is 1.95 bits per heavy atom. The van der Waals surface area contributed by atoms with E-state index in [4.69, 9.17) is 14.7 Å². The lowest BCUT2D eigenvalue weighted by atomic mass is 10.0. The van der Waals surface area contributed by atoms with E-state index in [1.54, 1.807) is 19.1 Å². The summed E-state index contributed by atoms with van der Waals surface area (Å²) in [4.78, 5) is 0.113. The first-order valence-corrected chi connectivity index (χ1v) is 8.64. The maximum Gasteiger partial charge on any atom is 0.298 e. The third-order valence-electron chi connectivity index (χ3n) is 3.90. The minimum Gasteiger partial charge on any atom is -0.371 e. The average molecular weight is 313 g/mol. The summed E-state index contributed by atoms with van der Waals surface area (Å²) >= 11 is 0. The Morgan fingerprint density at radius 1 is 1.33 bits per heavy atom. The zero-order chi connectivity index (χ0) is 15.7. The lowest BCUT2D eigenvalue weighted by Crippen LogP contribution is -2.53. The van der Waals surface area contributed by atoms with Crippen molar-refractivity contribution >= 4 is 10.1 Å². The quantitative estimate of drug-likeness (QED) is 0.667. The van der Waals surface area contributed by atoms with E-state index < -0.39 is 21.9 Å². The zero-order valence-corrected chi connectivity index (χ0v) is 13.5. The number of ether oxygens (including phenoxy) is 1. The molecular weight excluding hydrogens is 290 g/mol. The van der Waals surface area contributed by atoms with Crippen LogP contribution >= 0.6 is 0 Å². The fourth-order valence-corrected chi connectivity index (χ4v) is 3.66. The molecule has 1 saturated heterocycles. The lowest BCUT2D eigenvalue weighted by molar-refractivity contribution is -0.0798. The average Bonchev–Trinajstić information content (AvgIpc) is 2.86. The molecule has 1 aromatic rings. The van der Waals surface area contributed by atoms with Crippen molar-refractivity contribution in [3.05, 3.63) is 29.8 Å². The summed E-state index contributed by atoms with van der Waals surface area (Å²) in [5.74, 6) is 0. The lowest BCUT2D eigenvalue weighted by Gasteiger charge is -2.33. The summed E-state index contributed by atoms with van der Waals surface area (Å²) in [5, 5.41) is 0. The third-order valence-corrected chi connectivity index (χ3v) is 5.28. The van der Waals surface area contributed by atoms with E-state index in [2.05, 4.69) is 0 Å². The van der Waals surface area contributed by atoms with Gasteiger partial charge in [-0.3, -0.25) is 0 Å². The van der Waals surface area contributed by atoms with E-state index in [1.165, 1.54) is 12.1 Å². The van der Waals surface area contributed by atoms with Crippen molar-refractivity contribution in [3.8, 4) is 0 Å². The Kier molecular flexibility index (Phi) is 4.72. The van der Waals surface area contributed by atoms with Gasteiger partial charge >= 0.3 is 0 Å². The van der Waals surface area contributed by atoms with Crippen LogP contribution in [0.5, 0.6) is 0 Å². The zero-order valence-electron chi connectivity index (χ0n) is 12.7. The molecule has 21 heavy (non-hydrogen) atoms. The number of benzene rings is 1. The van der Waals surface area contributed by atoms with E-state index in [0.717, 1.165) is 12.0 Å². The minimum absolute atomic E-state index is 0.0788. The van der Waals surface area contributed by atoms with Crippen LogP contribution in [0.25, 0.3) is 0 Å². The Balaban J connectivity index is 2.22. The van der Waals surface area contributed by atoms with Gasteiger partial charge in [0.15, 0.2) is 5.72 Å². The smallest absolute Gasteiger partial charge is 0.298 e. The number of hydrogen-bond acceptors (Lipinski definition) is 5. The normalized spacial score (nSPS) is 25.7. The molecular formula is C15H23NO4S. The standard InChI is InChI=1S/C15H23NO4S/c1-4-15(16,14-10-7-12(3)19-14)20-21(17,18)13-8-5-11(2)6-9-13/h5-6,8-9,12,14H,4,7,10,16H2,1-3H3/t12?,14?,15-/m1/s1. The Bertz CT molecular complexity index is 584. The van der Waals surface area contributed by atoms with Crippen LogP contribution in [0.15, 0.2) is 29.2 Å². The van der Waals surface area contributed by atoms with E-state index in [-0.39, 0.29) is 11.0 Å². The van der Waals surface area contributed by atoms with Gasteiger partial charge in [0, 0.05) is 0 Å². The highest BCUT2D eigenvalue weighted by Gasteiger charge is 2.43. The van der Waals surface area contributed by atoms with Gasteiger partial charge in [0.2, 0.25) is 0 Å². The van der Waals surface area contributed by atoms with Gasteiger partial charge < -0.3 is 10.5 Å². The van der Waals surface area contributed by atoms with Crippen LogP contribution in [0, 0.1) is 6.92 Å². The van der Waals surface area contributed by atoms with Gasteiger partial charge in [0.1, 0.15) is 6.10 Å². The molecule has 0 aliphatic carbocycles. The van der Waals surface area contributed by atoms with Gasteiger partial charge in [-0.1, -0.05) is 24.6 Å². The van der Waals surface area contributed by atoms with E-state index in [9.17, 15) is 8.42 Å². The molecule has 1 aliphatic rings. The summed E-state index contributed by atoms with van der Waals surface area (Å²) in [7, 11) is -3.91. The van der Waals surface area contributed by atoms with Gasteiger partial charge in [-0.15, -0.1) is 0 Å². The number of rotatable bonds is 5. The van der Waals surface area contributed by atoms with Crippen LogP contribution in [0.1, 0.15) is 38.7 Å². The summed E-state index contributed by atoms with van der Waals surface area (Å²) in [5.41, 5.74) is 5.85. The van der Waals surface area contributed by atoms with Crippen LogP contribution in [0.3, 0.4) is 0 Å². The molecule has 0 aromatic heterocycles. The molecule has 5 nitrogen and oxygen atoms in total. The van der Waals surface area contributed by atoms with Crippen molar-refractivity contribution in [1.29, 1.82) is 0 Å². The minimum atomic E-state index is -3.91. The second kappa shape index (κ2) is 6.04. The Morgan fingerprint density at radius 3 is 2.43 bits per heavy atom. The third kappa shape index (κ3) is 3.63. The maximum absolute atomic E-state index is 12.4. The molecule has 118 valence electrons. The SMILES string of the molecule is CC[C@@](N)(OS(=O)(=O)c1ccc(C)cc1)C1CCC(C)O1. The highest BCUT2D eigenvalue weighted by molar-refractivity contribution is 7.86. The van der Waals surface area contributed by atoms with Crippen LogP contribution in [0.4, 0.5) is 0 Å². The van der Waals surface area contributed by atoms with Crippen LogP contribution in [-0.2, 0) is 19.0 Å². The molecule has 3 atom stereocenters. The first kappa shape index (κ1) is 16.4. The molecule has 1 aromatic carbocycles. The fourth-order valence-electron chi connectivity index (χ4n) is 2.46. The molecule has 0 bridgehead atoms. The summed E-state index contributed by atoms with van der Waals surface area (Å²) in [6.07, 6.45) is 1.59. The molecule has 2 N–H and O–H groups in total. The molecule has 1 fully saturated rings. The molecule has 0 radical (unpaired) electrons. The van der Waals surface area contributed by atoms with Gasteiger partial charge in [-0.2, -0.15) is 8.42 Å². The van der Waals surface area contributed by atoms with Crippen LogP contribution in [-0.4, -0.2) is 26.4 Å². The fraction of sp³-hybridized carbons (Fsp3) is 0.600. The van der Waals surface area contributed by atoms with Crippen molar-refractivity contribution in [3.63, 3.8) is 0 Å². The summed E-state index contributed by atoms with van der Waals surface area (Å²) in [6.45, 7) is 5.64. The number of hydrogen-bond donors (Lipinski definition) is 1. The van der Waals surface area contributed by atoms with Crippen LogP contribution in [0.2, 0.25) is 0 Å². The monoisotopic (exact) mass is 313 g/mol. The second-order valence-electron chi connectivity index (χ2n) is 5.67. The van der Waals surface area contributed by atoms with Crippen molar-refractivity contribution in [2.75, 3.05) is 0 Å². The van der Waals surface area contributed by atoms with Crippen molar-refractivity contribution in [1.82, 2.24) is 0 Å². The molecule has 6 heteroatoms. The predicted molar refractivity (Wildman–Crippen MR) is 80.2 cm³/mol. The second-order valence-corrected chi connectivity index (χ2v) is 7.22. The molecule has 1 heterocycles. The summed E-state index contributed by atoms with van der Waals surface area (Å²) < 4.78 is 35.9. The highest BCUT2D eigenvalue weighted by atomic mass is 32.2. The number of aryl methyl sites for hydroxylation is 1. The molecule has 0 saturated carbocycles. The highest BCUT2D eigenvalue weighted by Crippen LogP contribution is 2.32. The first-order chi connectivity index (χ1) is 9.77. The van der Waals surface area contributed by atoms with E-state index >= 15 is 0 Å². The van der Waals surface area contributed by atoms with Gasteiger partial charge in [-0.25, -0.2) is 4.18 Å².